The Bertz CT molecular complexity index is 301. The van der Waals surface area contributed by atoms with Crippen molar-refractivity contribution in [3.8, 4) is 0 Å². The molecule has 0 fully saturated rings. The first-order valence-corrected chi connectivity index (χ1v) is 3.83. The quantitative estimate of drug-likeness (QED) is 0.766. The third-order valence-electron chi connectivity index (χ3n) is 1.56. The molecular weight excluding hydrogens is 178 g/mol. The third kappa shape index (κ3) is 1.95. The highest BCUT2D eigenvalue weighted by Gasteiger charge is 2.14. The van der Waals surface area contributed by atoms with Crippen molar-refractivity contribution in [2.75, 3.05) is 0 Å². The van der Waals surface area contributed by atoms with Crippen LogP contribution in [-0.2, 0) is 4.79 Å². The molecule has 0 spiro atoms. The number of carboxylic acid groups (broad SMARTS) is 1. The minimum atomic E-state index is -0.898. The summed E-state index contributed by atoms with van der Waals surface area (Å²) >= 11 is 5.66. The van der Waals surface area contributed by atoms with Crippen LogP contribution in [0, 0.1) is 0 Å². The average molecular weight is 186 g/mol. The molecule has 3 nitrogen and oxygen atoms in total. The lowest BCUT2D eigenvalue weighted by Gasteiger charge is -2.04. The SMILES string of the molecule is CC(C(=O)O)c1cc(Cl)ccn1. The van der Waals surface area contributed by atoms with Crippen molar-refractivity contribution in [3.05, 3.63) is 29.0 Å². The van der Waals surface area contributed by atoms with Gasteiger partial charge in [-0.1, -0.05) is 11.6 Å². The molecular formula is C8H8ClNO2. The molecule has 1 aromatic heterocycles. The van der Waals surface area contributed by atoms with Gasteiger partial charge in [0.2, 0.25) is 0 Å². The molecule has 0 bridgehead atoms. The maximum absolute atomic E-state index is 10.5. The zero-order chi connectivity index (χ0) is 9.14. The number of hydrogen-bond donors (Lipinski definition) is 1. The molecule has 1 N–H and O–H groups in total. The Hall–Kier alpha value is -1.09. The summed E-state index contributed by atoms with van der Waals surface area (Å²) in [7, 11) is 0. The maximum atomic E-state index is 10.5. The molecule has 1 rings (SSSR count). The number of carbonyl (C=O) groups is 1. The summed E-state index contributed by atoms with van der Waals surface area (Å²) in [5.41, 5.74) is 0.481. The number of aromatic nitrogens is 1. The highest BCUT2D eigenvalue weighted by Crippen LogP contribution is 2.16. The fourth-order valence-corrected chi connectivity index (χ4v) is 0.953. The number of hydrogen-bond acceptors (Lipinski definition) is 2. The largest absolute Gasteiger partial charge is 0.481 e. The zero-order valence-corrected chi connectivity index (χ0v) is 7.25. The average Bonchev–Trinajstić information content (AvgIpc) is 2.03. The lowest BCUT2D eigenvalue weighted by Crippen LogP contribution is -2.08. The molecule has 0 saturated heterocycles. The number of aliphatic carboxylic acids is 1. The van der Waals surface area contributed by atoms with E-state index in [2.05, 4.69) is 4.98 Å². The molecule has 0 aromatic carbocycles. The van der Waals surface area contributed by atoms with Crippen molar-refractivity contribution in [1.29, 1.82) is 0 Å². The van der Waals surface area contributed by atoms with Gasteiger partial charge in [0.1, 0.15) is 0 Å². The van der Waals surface area contributed by atoms with Crippen LogP contribution in [0.15, 0.2) is 18.3 Å². The first kappa shape index (κ1) is 9.00. The summed E-state index contributed by atoms with van der Waals surface area (Å²) in [6, 6.07) is 3.17. The van der Waals surface area contributed by atoms with Crippen LogP contribution in [0.5, 0.6) is 0 Å². The van der Waals surface area contributed by atoms with Crippen LogP contribution in [-0.4, -0.2) is 16.1 Å². The van der Waals surface area contributed by atoms with E-state index in [1.165, 1.54) is 6.20 Å². The van der Waals surface area contributed by atoms with Crippen molar-refractivity contribution in [3.63, 3.8) is 0 Å². The van der Waals surface area contributed by atoms with Crippen molar-refractivity contribution >= 4 is 17.6 Å². The Morgan fingerprint density at radius 1 is 1.75 bits per heavy atom. The molecule has 0 aliphatic heterocycles. The van der Waals surface area contributed by atoms with E-state index in [-0.39, 0.29) is 0 Å². The molecule has 1 heterocycles. The fourth-order valence-electron chi connectivity index (χ4n) is 0.785. The topological polar surface area (TPSA) is 50.2 Å². The van der Waals surface area contributed by atoms with Gasteiger partial charge in [0.05, 0.1) is 11.6 Å². The van der Waals surface area contributed by atoms with Gasteiger partial charge in [-0.15, -0.1) is 0 Å². The van der Waals surface area contributed by atoms with E-state index in [0.717, 1.165) is 0 Å². The summed E-state index contributed by atoms with van der Waals surface area (Å²) in [4.78, 5) is 14.4. The molecule has 0 amide bonds. The molecule has 12 heavy (non-hydrogen) atoms. The second-order valence-electron chi connectivity index (χ2n) is 2.46. The van der Waals surface area contributed by atoms with Gasteiger partial charge in [-0.2, -0.15) is 0 Å². The summed E-state index contributed by atoms with van der Waals surface area (Å²) in [5, 5.41) is 9.15. The standard InChI is InChI=1S/C8H8ClNO2/c1-5(8(11)12)7-4-6(9)2-3-10-7/h2-5H,1H3,(H,11,12). The molecule has 1 atom stereocenters. The van der Waals surface area contributed by atoms with Crippen molar-refractivity contribution in [1.82, 2.24) is 4.98 Å². The van der Waals surface area contributed by atoms with E-state index in [9.17, 15) is 4.79 Å². The molecule has 0 saturated carbocycles. The van der Waals surface area contributed by atoms with Crippen LogP contribution in [0.1, 0.15) is 18.5 Å². The van der Waals surface area contributed by atoms with E-state index in [0.29, 0.717) is 10.7 Å². The minimum absolute atomic E-state index is 0.481. The lowest BCUT2D eigenvalue weighted by molar-refractivity contribution is -0.138. The molecule has 0 radical (unpaired) electrons. The van der Waals surface area contributed by atoms with Gasteiger partial charge in [0, 0.05) is 11.2 Å². The normalized spacial score (nSPS) is 12.5. The van der Waals surface area contributed by atoms with Crippen molar-refractivity contribution < 1.29 is 9.90 Å². The first-order chi connectivity index (χ1) is 5.61. The number of rotatable bonds is 2. The fraction of sp³-hybridized carbons (Fsp3) is 0.250. The van der Waals surface area contributed by atoms with Crippen molar-refractivity contribution in [2.45, 2.75) is 12.8 Å². The van der Waals surface area contributed by atoms with Gasteiger partial charge < -0.3 is 5.11 Å². The minimum Gasteiger partial charge on any atom is -0.481 e. The highest BCUT2D eigenvalue weighted by molar-refractivity contribution is 6.30. The number of carboxylic acids is 1. The van der Waals surface area contributed by atoms with E-state index >= 15 is 0 Å². The summed E-state index contributed by atoms with van der Waals surface area (Å²) in [5.74, 6) is -1.51. The monoisotopic (exact) mass is 185 g/mol. The molecule has 1 aromatic rings. The molecule has 1 unspecified atom stereocenters. The second kappa shape index (κ2) is 3.54. The van der Waals surface area contributed by atoms with Crippen LogP contribution in [0.4, 0.5) is 0 Å². The van der Waals surface area contributed by atoms with Crippen molar-refractivity contribution in [2.24, 2.45) is 0 Å². The Kier molecular flexibility index (Phi) is 2.65. The molecule has 64 valence electrons. The Morgan fingerprint density at radius 2 is 2.42 bits per heavy atom. The van der Waals surface area contributed by atoms with Crippen LogP contribution in [0.2, 0.25) is 5.02 Å². The van der Waals surface area contributed by atoms with Gasteiger partial charge in [-0.05, 0) is 19.1 Å². The summed E-state index contributed by atoms with van der Waals surface area (Å²) in [6.07, 6.45) is 1.50. The van der Waals surface area contributed by atoms with Gasteiger partial charge in [0.15, 0.2) is 0 Å². The molecule has 0 aliphatic rings. The first-order valence-electron chi connectivity index (χ1n) is 3.45. The number of nitrogens with zero attached hydrogens (tertiary/aromatic N) is 1. The van der Waals surface area contributed by atoms with Crippen LogP contribution in [0.25, 0.3) is 0 Å². The second-order valence-corrected chi connectivity index (χ2v) is 2.90. The summed E-state index contributed by atoms with van der Waals surface area (Å²) in [6.45, 7) is 1.57. The van der Waals surface area contributed by atoms with Gasteiger partial charge in [-0.3, -0.25) is 9.78 Å². The van der Waals surface area contributed by atoms with Gasteiger partial charge in [-0.25, -0.2) is 0 Å². The van der Waals surface area contributed by atoms with E-state index < -0.39 is 11.9 Å². The molecule has 4 heteroatoms. The predicted molar refractivity (Wildman–Crippen MR) is 45.3 cm³/mol. The summed E-state index contributed by atoms with van der Waals surface area (Å²) < 4.78 is 0. The Labute approximate surface area is 75.0 Å². The van der Waals surface area contributed by atoms with E-state index in [1.807, 2.05) is 0 Å². The number of pyridine rings is 1. The van der Waals surface area contributed by atoms with Gasteiger partial charge in [0.25, 0.3) is 0 Å². The number of halogens is 1. The van der Waals surface area contributed by atoms with E-state index in [4.69, 9.17) is 16.7 Å². The smallest absolute Gasteiger partial charge is 0.312 e. The van der Waals surface area contributed by atoms with Crippen LogP contribution in [0.3, 0.4) is 0 Å². The molecule has 0 aliphatic carbocycles. The van der Waals surface area contributed by atoms with Crippen LogP contribution < -0.4 is 0 Å². The Balaban J connectivity index is 2.95. The highest BCUT2D eigenvalue weighted by atomic mass is 35.5. The van der Waals surface area contributed by atoms with Gasteiger partial charge >= 0.3 is 5.97 Å². The zero-order valence-electron chi connectivity index (χ0n) is 6.49. The lowest BCUT2D eigenvalue weighted by atomic mass is 10.1. The van der Waals surface area contributed by atoms with E-state index in [1.54, 1.807) is 19.1 Å². The van der Waals surface area contributed by atoms with Crippen LogP contribution >= 0.6 is 11.6 Å². The Morgan fingerprint density at radius 3 is 2.92 bits per heavy atom. The third-order valence-corrected chi connectivity index (χ3v) is 1.79. The predicted octanol–water partition coefficient (Wildman–Crippen LogP) is 1.92. The maximum Gasteiger partial charge on any atom is 0.312 e.